The lowest BCUT2D eigenvalue weighted by molar-refractivity contribution is -0.122. The molecule has 1 aromatic carbocycles. The van der Waals surface area contributed by atoms with Crippen molar-refractivity contribution in [1.29, 1.82) is 0 Å². The first-order chi connectivity index (χ1) is 12.1. The summed E-state index contributed by atoms with van der Waals surface area (Å²) in [6, 6.07) is 4.12. The molecule has 7 nitrogen and oxygen atoms in total. The van der Waals surface area contributed by atoms with Crippen LogP contribution in [0.3, 0.4) is 0 Å². The third kappa shape index (κ3) is 4.75. The summed E-state index contributed by atoms with van der Waals surface area (Å²) in [5.41, 5.74) is 0.173. The lowest BCUT2D eigenvalue weighted by Gasteiger charge is -2.20. The molecule has 2 rings (SSSR count). The van der Waals surface area contributed by atoms with Gasteiger partial charge in [-0.3, -0.25) is 9.59 Å². The van der Waals surface area contributed by atoms with Crippen LogP contribution in [0.15, 0.2) is 23.1 Å². The van der Waals surface area contributed by atoms with Gasteiger partial charge >= 0.3 is 0 Å². The standard InChI is InChI=1S/C17H24ClN3O4S/c1-12(2)19-16(22)11-20(3)17(23)13-6-7-14(18)15(10-13)26(24,25)21-8-4-5-9-21/h6-7,10,12H,4-5,8-9,11H2,1-3H3,(H,19,22). The maximum Gasteiger partial charge on any atom is 0.254 e. The van der Waals surface area contributed by atoms with E-state index in [0.29, 0.717) is 13.1 Å². The second-order valence-corrected chi connectivity index (χ2v) is 8.95. The van der Waals surface area contributed by atoms with Crippen molar-refractivity contribution >= 4 is 33.4 Å². The molecular formula is C17H24ClN3O4S. The molecule has 1 fully saturated rings. The van der Waals surface area contributed by atoms with E-state index in [9.17, 15) is 18.0 Å². The summed E-state index contributed by atoms with van der Waals surface area (Å²) < 4.78 is 26.9. The van der Waals surface area contributed by atoms with Crippen molar-refractivity contribution in [2.75, 3.05) is 26.7 Å². The van der Waals surface area contributed by atoms with E-state index in [1.165, 1.54) is 34.5 Å². The number of benzene rings is 1. The molecule has 0 unspecified atom stereocenters. The normalized spacial score (nSPS) is 15.3. The molecule has 1 aliphatic rings. The number of nitrogens with zero attached hydrogens (tertiary/aromatic N) is 2. The van der Waals surface area contributed by atoms with Crippen LogP contribution in [0.2, 0.25) is 5.02 Å². The van der Waals surface area contributed by atoms with E-state index < -0.39 is 15.9 Å². The van der Waals surface area contributed by atoms with Crippen molar-refractivity contribution in [3.63, 3.8) is 0 Å². The number of hydrogen-bond acceptors (Lipinski definition) is 4. The van der Waals surface area contributed by atoms with Crippen molar-refractivity contribution in [1.82, 2.24) is 14.5 Å². The lowest BCUT2D eigenvalue weighted by Crippen LogP contribution is -2.40. The molecule has 1 heterocycles. The van der Waals surface area contributed by atoms with Gasteiger partial charge < -0.3 is 10.2 Å². The fourth-order valence-electron chi connectivity index (χ4n) is 2.78. The average Bonchev–Trinajstić information content (AvgIpc) is 3.08. The number of carbonyl (C=O) groups is 2. The molecule has 0 spiro atoms. The highest BCUT2D eigenvalue weighted by Gasteiger charge is 2.30. The smallest absolute Gasteiger partial charge is 0.254 e. The zero-order chi connectivity index (χ0) is 19.5. The minimum absolute atomic E-state index is 0.0289. The Hall–Kier alpha value is -1.64. The zero-order valence-corrected chi connectivity index (χ0v) is 16.7. The second kappa shape index (κ2) is 8.37. The van der Waals surface area contributed by atoms with E-state index in [1.54, 1.807) is 0 Å². The van der Waals surface area contributed by atoms with Gasteiger partial charge in [0.2, 0.25) is 15.9 Å². The number of likely N-dealkylation sites (N-methyl/N-ethyl adjacent to an activating group) is 1. The first kappa shape index (κ1) is 20.7. The quantitative estimate of drug-likeness (QED) is 0.786. The highest BCUT2D eigenvalue weighted by Crippen LogP contribution is 2.28. The van der Waals surface area contributed by atoms with Gasteiger partial charge in [-0.25, -0.2) is 8.42 Å². The van der Waals surface area contributed by atoms with Crippen LogP contribution in [0, 0.1) is 0 Å². The molecule has 0 aliphatic carbocycles. The van der Waals surface area contributed by atoms with Crippen LogP contribution in [0.5, 0.6) is 0 Å². The highest BCUT2D eigenvalue weighted by atomic mass is 35.5. The molecule has 2 amide bonds. The van der Waals surface area contributed by atoms with Crippen molar-refractivity contribution in [2.45, 2.75) is 37.6 Å². The zero-order valence-electron chi connectivity index (χ0n) is 15.2. The molecular weight excluding hydrogens is 378 g/mol. The Bertz CT molecular complexity index is 789. The molecule has 1 saturated heterocycles. The van der Waals surface area contributed by atoms with E-state index in [2.05, 4.69) is 5.32 Å². The lowest BCUT2D eigenvalue weighted by atomic mass is 10.2. The minimum Gasteiger partial charge on any atom is -0.352 e. The Morgan fingerprint density at radius 1 is 1.27 bits per heavy atom. The number of amides is 2. The number of halogens is 1. The summed E-state index contributed by atoms with van der Waals surface area (Å²) >= 11 is 6.09. The Kier molecular flexibility index (Phi) is 6.65. The van der Waals surface area contributed by atoms with E-state index >= 15 is 0 Å². The molecule has 0 bridgehead atoms. The second-order valence-electron chi connectivity index (χ2n) is 6.64. The molecule has 1 N–H and O–H groups in total. The summed E-state index contributed by atoms with van der Waals surface area (Å²) in [5, 5.41) is 2.78. The Morgan fingerprint density at radius 3 is 2.46 bits per heavy atom. The molecule has 26 heavy (non-hydrogen) atoms. The molecule has 0 atom stereocenters. The number of rotatable bonds is 6. The van der Waals surface area contributed by atoms with Crippen molar-refractivity contribution < 1.29 is 18.0 Å². The van der Waals surface area contributed by atoms with Crippen molar-refractivity contribution in [3.8, 4) is 0 Å². The van der Waals surface area contributed by atoms with Crippen molar-refractivity contribution in [2.24, 2.45) is 0 Å². The maximum atomic E-state index is 12.8. The predicted molar refractivity (Wildman–Crippen MR) is 99.7 cm³/mol. The average molecular weight is 402 g/mol. The van der Waals surface area contributed by atoms with Gasteiger partial charge in [-0.15, -0.1) is 0 Å². The van der Waals surface area contributed by atoms with Crippen LogP contribution in [0.1, 0.15) is 37.0 Å². The molecule has 0 saturated carbocycles. The Labute approximate surface area is 159 Å². The molecule has 1 aliphatic heterocycles. The number of hydrogen-bond donors (Lipinski definition) is 1. The van der Waals surface area contributed by atoms with Gasteiger partial charge in [0.05, 0.1) is 11.6 Å². The molecule has 0 radical (unpaired) electrons. The number of sulfonamides is 1. The summed E-state index contributed by atoms with van der Waals surface area (Å²) in [7, 11) is -2.25. The van der Waals surface area contributed by atoms with Gasteiger partial charge in [-0.05, 0) is 44.9 Å². The topological polar surface area (TPSA) is 86.8 Å². The van der Waals surface area contributed by atoms with Gasteiger partial charge in [0.15, 0.2) is 0 Å². The molecule has 144 valence electrons. The van der Waals surface area contributed by atoms with Gasteiger partial charge in [0, 0.05) is 31.7 Å². The van der Waals surface area contributed by atoms with Crippen LogP contribution < -0.4 is 5.32 Å². The van der Waals surface area contributed by atoms with E-state index in [1.807, 2.05) is 13.8 Å². The highest BCUT2D eigenvalue weighted by molar-refractivity contribution is 7.89. The summed E-state index contributed by atoms with van der Waals surface area (Å²) in [4.78, 5) is 25.6. The van der Waals surface area contributed by atoms with Crippen molar-refractivity contribution in [3.05, 3.63) is 28.8 Å². The molecule has 1 aromatic rings. The van der Waals surface area contributed by atoms with Crippen LogP contribution in [-0.2, 0) is 14.8 Å². The monoisotopic (exact) mass is 401 g/mol. The number of carbonyl (C=O) groups excluding carboxylic acids is 2. The van der Waals surface area contributed by atoms with E-state index in [4.69, 9.17) is 11.6 Å². The van der Waals surface area contributed by atoms with Gasteiger partial charge in [0.1, 0.15) is 4.90 Å². The summed E-state index contributed by atoms with van der Waals surface area (Å²) in [5.74, 6) is -0.729. The van der Waals surface area contributed by atoms with Crippen LogP contribution in [-0.4, -0.2) is 62.2 Å². The minimum atomic E-state index is -3.74. The van der Waals surface area contributed by atoms with E-state index in [-0.39, 0.29) is 34.0 Å². The van der Waals surface area contributed by atoms with Crippen LogP contribution >= 0.6 is 11.6 Å². The fraction of sp³-hybridized carbons (Fsp3) is 0.529. The van der Waals surface area contributed by atoms with Gasteiger partial charge in [-0.1, -0.05) is 11.6 Å². The largest absolute Gasteiger partial charge is 0.352 e. The van der Waals surface area contributed by atoms with E-state index in [0.717, 1.165) is 12.8 Å². The summed E-state index contributed by atoms with van der Waals surface area (Å²) in [6.07, 6.45) is 1.62. The first-order valence-corrected chi connectivity index (χ1v) is 10.3. The van der Waals surface area contributed by atoms with Crippen LogP contribution in [0.25, 0.3) is 0 Å². The molecule has 0 aromatic heterocycles. The summed E-state index contributed by atoms with van der Waals surface area (Å²) in [6.45, 7) is 4.44. The molecule has 9 heteroatoms. The fourth-order valence-corrected chi connectivity index (χ4v) is 4.79. The van der Waals surface area contributed by atoms with Crippen LogP contribution in [0.4, 0.5) is 0 Å². The number of nitrogens with one attached hydrogen (secondary N) is 1. The predicted octanol–water partition coefficient (Wildman–Crippen LogP) is 1.72. The maximum absolute atomic E-state index is 12.8. The third-order valence-corrected chi connectivity index (χ3v) is 6.42. The third-order valence-electron chi connectivity index (χ3n) is 4.04. The Balaban J connectivity index is 2.23. The first-order valence-electron chi connectivity index (χ1n) is 8.47. The SMILES string of the molecule is CC(C)NC(=O)CN(C)C(=O)c1ccc(Cl)c(S(=O)(=O)N2CCCC2)c1. The van der Waals surface area contributed by atoms with Gasteiger partial charge in [-0.2, -0.15) is 4.31 Å². The Morgan fingerprint density at radius 2 is 1.88 bits per heavy atom. The van der Waals surface area contributed by atoms with Gasteiger partial charge in [0.25, 0.3) is 5.91 Å².